The molecule has 0 atom stereocenters. The molecule has 0 saturated carbocycles. The van der Waals surface area contributed by atoms with Gasteiger partial charge in [0.2, 0.25) is 0 Å². The molecular formula is C16H24N4O5S. The Morgan fingerprint density at radius 2 is 1.92 bits per heavy atom. The van der Waals surface area contributed by atoms with E-state index in [-0.39, 0.29) is 18.0 Å². The van der Waals surface area contributed by atoms with Crippen molar-refractivity contribution in [1.29, 1.82) is 0 Å². The quantitative estimate of drug-likeness (QED) is 0.715. The molecule has 0 aromatic heterocycles. The van der Waals surface area contributed by atoms with Crippen molar-refractivity contribution in [2.75, 3.05) is 62.2 Å². The molecule has 0 spiro atoms. The maximum Gasteiger partial charge on any atom is 0.326 e. The first-order chi connectivity index (χ1) is 12.3. The number of hydrogen-bond acceptors (Lipinski definition) is 7. The van der Waals surface area contributed by atoms with Crippen molar-refractivity contribution in [2.45, 2.75) is 6.92 Å². The van der Waals surface area contributed by atoms with Crippen LogP contribution in [0.4, 0.5) is 11.4 Å². The lowest BCUT2D eigenvalue weighted by molar-refractivity contribution is -0.117. The number of aryl methyl sites for hydroxylation is 1. The van der Waals surface area contributed by atoms with Gasteiger partial charge in [0.15, 0.2) is 0 Å². The van der Waals surface area contributed by atoms with Crippen molar-refractivity contribution in [3.8, 4) is 5.75 Å². The monoisotopic (exact) mass is 384 g/mol. The molecule has 1 aromatic carbocycles. The average Bonchev–Trinajstić information content (AvgIpc) is 2.85. The first-order valence-electron chi connectivity index (χ1n) is 8.45. The smallest absolute Gasteiger partial charge is 0.326 e. The van der Waals surface area contributed by atoms with Gasteiger partial charge in [-0.15, -0.1) is 0 Å². The van der Waals surface area contributed by atoms with Gasteiger partial charge in [0.05, 0.1) is 12.3 Å². The predicted octanol–water partition coefficient (Wildman–Crippen LogP) is -0.350. The second-order valence-electron chi connectivity index (χ2n) is 6.49. The molecule has 10 heteroatoms. The topological polar surface area (TPSA) is 102 Å². The van der Waals surface area contributed by atoms with E-state index in [0.29, 0.717) is 12.2 Å². The fourth-order valence-corrected chi connectivity index (χ4v) is 4.57. The minimum absolute atomic E-state index is 0.144. The number of hydrogen-bond donors (Lipinski definition) is 2. The zero-order valence-corrected chi connectivity index (χ0v) is 15.8. The van der Waals surface area contributed by atoms with E-state index in [4.69, 9.17) is 4.74 Å². The van der Waals surface area contributed by atoms with Crippen LogP contribution in [0.2, 0.25) is 0 Å². The van der Waals surface area contributed by atoms with Crippen LogP contribution in [0.5, 0.6) is 5.75 Å². The third-order valence-electron chi connectivity index (χ3n) is 4.68. The van der Waals surface area contributed by atoms with Crippen molar-refractivity contribution < 1.29 is 23.1 Å². The molecule has 2 heterocycles. The van der Waals surface area contributed by atoms with Crippen LogP contribution in [0, 0.1) is 6.92 Å². The Balaban J connectivity index is 1.77. The first-order valence-corrected chi connectivity index (χ1v) is 9.89. The molecule has 1 aromatic rings. The molecule has 9 nitrogen and oxygen atoms in total. The standard InChI is InChI=1S/C16H24N4O5S/c1-12-9-13(19-5-3-18(4-6-19)7-8-25-2)10-14(21)16(12)20-11-15(22)17-26(20,23)24/h9-10,21H,3-8,11H2,1-2H3,(H,17,22). The number of nitrogens with zero attached hydrogens (tertiary/aromatic N) is 3. The van der Waals surface area contributed by atoms with Crippen molar-refractivity contribution in [3.63, 3.8) is 0 Å². The number of nitrogens with one attached hydrogen (secondary N) is 1. The number of rotatable bonds is 5. The van der Waals surface area contributed by atoms with Gasteiger partial charge in [0.25, 0.3) is 5.91 Å². The van der Waals surface area contributed by atoms with Crippen LogP contribution < -0.4 is 13.9 Å². The molecule has 0 unspecified atom stereocenters. The molecule has 3 rings (SSSR count). The molecule has 144 valence electrons. The van der Waals surface area contributed by atoms with Crippen LogP contribution in [0.15, 0.2) is 12.1 Å². The van der Waals surface area contributed by atoms with Crippen LogP contribution in [-0.4, -0.2) is 77.3 Å². The molecule has 0 bridgehead atoms. The fourth-order valence-electron chi connectivity index (χ4n) is 3.35. The van der Waals surface area contributed by atoms with E-state index in [0.717, 1.165) is 42.7 Å². The molecule has 2 aliphatic rings. The van der Waals surface area contributed by atoms with Crippen molar-refractivity contribution >= 4 is 27.5 Å². The highest BCUT2D eigenvalue weighted by Crippen LogP contribution is 2.37. The van der Waals surface area contributed by atoms with Gasteiger partial charge in [-0.2, -0.15) is 8.42 Å². The van der Waals surface area contributed by atoms with Crippen LogP contribution in [0.25, 0.3) is 0 Å². The zero-order valence-electron chi connectivity index (χ0n) is 14.9. The molecule has 1 amide bonds. The van der Waals surface area contributed by atoms with Crippen LogP contribution in [0.1, 0.15) is 5.56 Å². The SMILES string of the molecule is COCCN1CCN(c2cc(C)c(N3CC(=O)NS3(=O)=O)c(O)c2)CC1. The summed E-state index contributed by atoms with van der Waals surface area (Å²) in [5.74, 6) is -0.762. The number of phenols is 1. The van der Waals surface area contributed by atoms with Crippen LogP contribution >= 0.6 is 0 Å². The summed E-state index contributed by atoms with van der Waals surface area (Å²) in [6, 6.07) is 3.41. The highest BCUT2D eigenvalue weighted by molar-refractivity contribution is 7.92. The summed E-state index contributed by atoms with van der Waals surface area (Å²) in [4.78, 5) is 15.9. The number of benzene rings is 1. The number of phenolic OH excluding ortho intramolecular Hbond substituents is 1. The second kappa shape index (κ2) is 7.29. The Morgan fingerprint density at radius 1 is 1.23 bits per heavy atom. The molecule has 26 heavy (non-hydrogen) atoms. The van der Waals surface area contributed by atoms with E-state index in [9.17, 15) is 18.3 Å². The molecule has 2 aliphatic heterocycles. The van der Waals surface area contributed by atoms with Gasteiger partial charge < -0.3 is 14.7 Å². The number of piperazine rings is 1. The maximum atomic E-state index is 12.0. The summed E-state index contributed by atoms with van der Waals surface area (Å²) in [6.45, 7) is 6.40. The Morgan fingerprint density at radius 3 is 2.46 bits per heavy atom. The van der Waals surface area contributed by atoms with Crippen molar-refractivity contribution in [1.82, 2.24) is 9.62 Å². The van der Waals surface area contributed by atoms with Gasteiger partial charge in [0.1, 0.15) is 12.3 Å². The summed E-state index contributed by atoms with van der Waals surface area (Å²) in [5.41, 5.74) is 1.58. The van der Waals surface area contributed by atoms with Gasteiger partial charge in [-0.25, -0.2) is 9.03 Å². The number of methoxy groups -OCH3 is 1. The molecule has 0 radical (unpaired) electrons. The van der Waals surface area contributed by atoms with Gasteiger partial charge in [-0.3, -0.25) is 9.69 Å². The van der Waals surface area contributed by atoms with Crippen molar-refractivity contribution in [3.05, 3.63) is 17.7 Å². The Labute approximate surface area is 153 Å². The van der Waals surface area contributed by atoms with Crippen LogP contribution in [0.3, 0.4) is 0 Å². The lowest BCUT2D eigenvalue weighted by Gasteiger charge is -2.36. The molecular weight excluding hydrogens is 360 g/mol. The lowest BCUT2D eigenvalue weighted by atomic mass is 10.1. The Kier molecular flexibility index (Phi) is 5.26. The van der Waals surface area contributed by atoms with Gasteiger partial charge in [-0.05, 0) is 18.6 Å². The number of ether oxygens (including phenoxy) is 1. The minimum atomic E-state index is -3.95. The summed E-state index contributed by atoms with van der Waals surface area (Å²) in [7, 11) is -2.26. The highest BCUT2D eigenvalue weighted by atomic mass is 32.2. The maximum absolute atomic E-state index is 12.0. The normalized spacial score (nSPS) is 20.5. The van der Waals surface area contributed by atoms with E-state index < -0.39 is 16.1 Å². The van der Waals surface area contributed by atoms with Crippen molar-refractivity contribution in [2.24, 2.45) is 0 Å². The predicted molar refractivity (Wildman–Crippen MR) is 97.8 cm³/mol. The average molecular weight is 384 g/mol. The third kappa shape index (κ3) is 3.71. The van der Waals surface area contributed by atoms with E-state index >= 15 is 0 Å². The Bertz CT molecular complexity index is 767. The fraction of sp³-hybridized carbons (Fsp3) is 0.562. The highest BCUT2D eigenvalue weighted by Gasteiger charge is 2.36. The van der Waals surface area contributed by atoms with E-state index in [1.807, 2.05) is 10.8 Å². The van der Waals surface area contributed by atoms with Crippen LogP contribution in [-0.2, 0) is 19.7 Å². The molecule has 0 aliphatic carbocycles. The zero-order chi connectivity index (χ0) is 18.9. The molecule has 2 N–H and O–H groups in total. The summed E-state index contributed by atoms with van der Waals surface area (Å²) in [6.07, 6.45) is 0. The van der Waals surface area contributed by atoms with Gasteiger partial charge in [-0.1, -0.05) is 0 Å². The summed E-state index contributed by atoms with van der Waals surface area (Å²) in [5, 5.41) is 10.5. The first kappa shape index (κ1) is 18.7. The number of carbonyl (C=O) groups excluding carboxylic acids is 1. The van der Waals surface area contributed by atoms with E-state index in [1.165, 1.54) is 0 Å². The molecule has 2 saturated heterocycles. The largest absolute Gasteiger partial charge is 0.506 e. The number of carbonyl (C=O) groups is 1. The Hall–Kier alpha value is -2.04. The lowest BCUT2D eigenvalue weighted by Crippen LogP contribution is -2.47. The van der Waals surface area contributed by atoms with Gasteiger partial charge >= 0.3 is 10.2 Å². The van der Waals surface area contributed by atoms with E-state index in [2.05, 4.69) is 9.80 Å². The second-order valence-corrected chi connectivity index (χ2v) is 8.08. The molecule has 2 fully saturated rings. The summed E-state index contributed by atoms with van der Waals surface area (Å²) < 4.78 is 32.0. The van der Waals surface area contributed by atoms with E-state index in [1.54, 1.807) is 20.1 Å². The van der Waals surface area contributed by atoms with Gasteiger partial charge in [0, 0.05) is 51.6 Å². The minimum Gasteiger partial charge on any atom is -0.506 e. The number of anilines is 2. The number of amides is 1. The third-order valence-corrected chi connectivity index (χ3v) is 6.06. The summed E-state index contributed by atoms with van der Waals surface area (Å²) >= 11 is 0. The number of aromatic hydroxyl groups is 1.